The van der Waals surface area contributed by atoms with E-state index in [2.05, 4.69) is 5.32 Å². The number of carbonyl (C=O) groups excluding carboxylic acids is 2. The summed E-state index contributed by atoms with van der Waals surface area (Å²) < 4.78 is 0. The van der Waals surface area contributed by atoms with Gasteiger partial charge in [-0.1, -0.05) is 42.5 Å². The van der Waals surface area contributed by atoms with E-state index in [1.54, 1.807) is 0 Å². The fourth-order valence-electron chi connectivity index (χ4n) is 3.93. The smallest absolute Gasteiger partial charge is 0.320 e. The van der Waals surface area contributed by atoms with E-state index in [1.165, 1.54) is 0 Å². The molecule has 6 nitrogen and oxygen atoms in total. The molecule has 2 aromatic rings. The Morgan fingerprint density at radius 3 is 2.18 bits per heavy atom. The van der Waals surface area contributed by atoms with Gasteiger partial charge in [0.2, 0.25) is 0 Å². The van der Waals surface area contributed by atoms with Crippen molar-refractivity contribution in [2.24, 2.45) is 5.73 Å². The lowest BCUT2D eigenvalue weighted by atomic mass is 10.0. The van der Waals surface area contributed by atoms with Crippen LogP contribution in [0.3, 0.4) is 0 Å². The Morgan fingerprint density at radius 1 is 0.857 bits per heavy atom. The molecule has 3 N–H and O–H groups in total. The van der Waals surface area contributed by atoms with Crippen molar-refractivity contribution in [3.05, 3.63) is 60.2 Å². The van der Waals surface area contributed by atoms with Gasteiger partial charge in [0.15, 0.2) is 0 Å². The van der Waals surface area contributed by atoms with Crippen molar-refractivity contribution in [1.82, 2.24) is 15.1 Å². The molecule has 3 amide bonds. The molecule has 2 fully saturated rings. The maximum absolute atomic E-state index is 12.6. The van der Waals surface area contributed by atoms with Crippen LogP contribution < -0.4 is 11.1 Å². The van der Waals surface area contributed by atoms with Gasteiger partial charge in [0.25, 0.3) is 5.91 Å². The van der Waals surface area contributed by atoms with Crippen molar-refractivity contribution in [2.45, 2.75) is 24.9 Å². The zero-order valence-corrected chi connectivity index (χ0v) is 15.9. The van der Waals surface area contributed by atoms with Gasteiger partial charge in [-0.25, -0.2) is 4.79 Å². The number of amides is 3. The molecule has 4 rings (SSSR count). The summed E-state index contributed by atoms with van der Waals surface area (Å²) in [7, 11) is 0. The first-order valence-corrected chi connectivity index (χ1v) is 9.86. The number of nitrogens with one attached hydrogen (secondary N) is 1. The van der Waals surface area contributed by atoms with Crippen LogP contribution in [0.25, 0.3) is 11.1 Å². The van der Waals surface area contributed by atoms with Crippen LogP contribution in [-0.4, -0.2) is 60.0 Å². The highest BCUT2D eigenvalue weighted by Crippen LogP contribution is 2.20. The maximum Gasteiger partial charge on any atom is 0.320 e. The van der Waals surface area contributed by atoms with Crippen LogP contribution in [0.4, 0.5) is 4.79 Å². The fourth-order valence-corrected chi connectivity index (χ4v) is 3.93. The largest absolute Gasteiger partial charge is 0.347 e. The lowest BCUT2D eigenvalue weighted by Gasteiger charge is -2.24. The topological polar surface area (TPSA) is 78.7 Å². The van der Waals surface area contributed by atoms with E-state index < -0.39 is 0 Å². The highest BCUT2D eigenvalue weighted by molar-refractivity contribution is 5.95. The molecule has 2 saturated heterocycles. The van der Waals surface area contributed by atoms with Crippen LogP contribution in [-0.2, 0) is 0 Å². The van der Waals surface area contributed by atoms with E-state index in [0.717, 1.165) is 30.5 Å². The minimum atomic E-state index is -0.0953. The normalized spacial score (nSPS) is 21.8. The number of hydrogen-bond acceptors (Lipinski definition) is 3. The van der Waals surface area contributed by atoms with Gasteiger partial charge in [0, 0.05) is 43.8 Å². The van der Waals surface area contributed by atoms with Gasteiger partial charge in [-0.05, 0) is 36.1 Å². The molecule has 6 heteroatoms. The first-order valence-electron chi connectivity index (χ1n) is 9.86. The average molecular weight is 378 g/mol. The van der Waals surface area contributed by atoms with E-state index >= 15 is 0 Å². The van der Waals surface area contributed by atoms with Crippen LogP contribution in [0.15, 0.2) is 54.6 Å². The second-order valence-corrected chi connectivity index (χ2v) is 7.63. The van der Waals surface area contributed by atoms with E-state index in [4.69, 9.17) is 5.73 Å². The Hall–Kier alpha value is -2.86. The molecular weight excluding hydrogens is 352 g/mol. The minimum Gasteiger partial charge on any atom is -0.347 e. The number of carbonyl (C=O) groups is 2. The Kier molecular flexibility index (Phi) is 5.30. The lowest BCUT2D eigenvalue weighted by Crippen LogP contribution is -2.44. The second kappa shape index (κ2) is 8.02. The number of nitrogens with two attached hydrogens (primary N) is 1. The number of urea groups is 1. The Labute approximate surface area is 165 Å². The van der Waals surface area contributed by atoms with Crippen molar-refractivity contribution in [3.63, 3.8) is 0 Å². The summed E-state index contributed by atoms with van der Waals surface area (Å²) in [6.07, 6.45) is 1.64. The highest BCUT2D eigenvalue weighted by atomic mass is 16.2. The van der Waals surface area contributed by atoms with Crippen LogP contribution >= 0.6 is 0 Å². The second-order valence-electron chi connectivity index (χ2n) is 7.63. The summed E-state index contributed by atoms with van der Waals surface area (Å²) in [4.78, 5) is 28.8. The Morgan fingerprint density at radius 2 is 1.50 bits per heavy atom. The van der Waals surface area contributed by atoms with Gasteiger partial charge in [0.05, 0.1) is 0 Å². The number of likely N-dealkylation sites (tertiary alicyclic amines) is 2. The van der Waals surface area contributed by atoms with Gasteiger partial charge >= 0.3 is 6.03 Å². The molecule has 2 atom stereocenters. The molecular formula is C22H26N4O2. The lowest BCUT2D eigenvalue weighted by molar-refractivity contribution is 0.0937. The Balaban J connectivity index is 1.32. The maximum atomic E-state index is 12.6. The van der Waals surface area contributed by atoms with Crippen LogP contribution in [0.1, 0.15) is 23.2 Å². The van der Waals surface area contributed by atoms with Crippen LogP contribution in [0.2, 0.25) is 0 Å². The summed E-state index contributed by atoms with van der Waals surface area (Å²) in [6.45, 7) is 2.57. The predicted octanol–water partition coefficient (Wildman–Crippen LogP) is 2.31. The van der Waals surface area contributed by atoms with Crippen LogP contribution in [0, 0.1) is 0 Å². The molecule has 2 aliphatic heterocycles. The van der Waals surface area contributed by atoms with Crippen molar-refractivity contribution in [3.8, 4) is 11.1 Å². The third-order valence-electron chi connectivity index (χ3n) is 5.54. The molecule has 0 spiro atoms. The number of nitrogens with zero attached hydrogens (tertiary/aromatic N) is 2. The molecule has 0 aromatic heterocycles. The molecule has 0 aliphatic carbocycles. The Bertz CT molecular complexity index is 837. The zero-order valence-electron chi connectivity index (χ0n) is 15.9. The molecule has 28 heavy (non-hydrogen) atoms. The number of benzene rings is 2. The van der Waals surface area contributed by atoms with Crippen molar-refractivity contribution >= 4 is 11.9 Å². The monoisotopic (exact) mass is 378 g/mol. The molecule has 2 heterocycles. The number of hydrogen-bond donors (Lipinski definition) is 2. The van der Waals surface area contributed by atoms with E-state index in [1.807, 2.05) is 64.4 Å². The minimum absolute atomic E-state index is 0.0125. The van der Waals surface area contributed by atoms with E-state index in [-0.39, 0.29) is 24.0 Å². The summed E-state index contributed by atoms with van der Waals surface area (Å²) in [6, 6.07) is 17.8. The molecule has 146 valence electrons. The summed E-state index contributed by atoms with van der Waals surface area (Å²) >= 11 is 0. The van der Waals surface area contributed by atoms with Gasteiger partial charge < -0.3 is 20.9 Å². The predicted molar refractivity (Wildman–Crippen MR) is 109 cm³/mol. The fraction of sp³-hybridized carbons (Fsp3) is 0.364. The van der Waals surface area contributed by atoms with Crippen molar-refractivity contribution in [1.29, 1.82) is 0 Å². The van der Waals surface area contributed by atoms with Gasteiger partial charge in [-0.3, -0.25) is 4.79 Å². The van der Waals surface area contributed by atoms with Gasteiger partial charge in [-0.15, -0.1) is 0 Å². The zero-order chi connectivity index (χ0) is 19.5. The first kappa shape index (κ1) is 18.5. The van der Waals surface area contributed by atoms with Crippen molar-refractivity contribution in [2.75, 3.05) is 26.2 Å². The number of rotatable bonds is 3. The van der Waals surface area contributed by atoms with Gasteiger partial charge in [-0.2, -0.15) is 0 Å². The summed E-state index contributed by atoms with van der Waals surface area (Å²) in [5.74, 6) is -0.0953. The quantitative estimate of drug-likeness (QED) is 0.860. The third-order valence-corrected chi connectivity index (χ3v) is 5.54. The molecule has 0 radical (unpaired) electrons. The van der Waals surface area contributed by atoms with Crippen LogP contribution in [0.5, 0.6) is 0 Å². The highest BCUT2D eigenvalue weighted by Gasteiger charge is 2.32. The SMILES string of the molecule is NC1CCN(C(=O)N2CCC(NC(=O)c3ccc(-c4ccccc4)cc3)C2)C1. The standard InChI is InChI=1S/C22H26N4O2/c23-19-10-12-25(14-19)22(28)26-13-11-20(15-26)24-21(27)18-8-6-17(7-9-18)16-4-2-1-3-5-16/h1-9,19-20H,10-15,23H2,(H,24,27). The molecule has 2 aliphatic rings. The molecule has 0 bridgehead atoms. The summed E-state index contributed by atoms with van der Waals surface area (Å²) in [5.41, 5.74) is 8.74. The molecule has 2 unspecified atom stereocenters. The molecule has 0 saturated carbocycles. The first-order chi connectivity index (χ1) is 13.6. The van der Waals surface area contributed by atoms with E-state index in [9.17, 15) is 9.59 Å². The molecule has 2 aromatic carbocycles. The third kappa shape index (κ3) is 4.02. The van der Waals surface area contributed by atoms with E-state index in [0.29, 0.717) is 25.2 Å². The van der Waals surface area contributed by atoms with Crippen molar-refractivity contribution < 1.29 is 9.59 Å². The average Bonchev–Trinajstić information content (AvgIpc) is 3.37. The summed E-state index contributed by atoms with van der Waals surface area (Å²) in [5, 5.41) is 3.06. The van der Waals surface area contributed by atoms with Gasteiger partial charge in [0.1, 0.15) is 0 Å².